The Morgan fingerprint density at radius 2 is 2.12 bits per heavy atom. The van der Waals surface area contributed by atoms with Gasteiger partial charge in [0.25, 0.3) is 0 Å². The number of carbonyl (C=O) groups is 1. The molecule has 3 aromatic rings. The first kappa shape index (κ1) is 17.4. The zero-order valence-corrected chi connectivity index (χ0v) is 16.2. The zero-order chi connectivity index (χ0) is 17.9. The smallest absolute Gasteiger partial charge is 0.233 e. The number of thioether (sulfide) groups is 1. The maximum atomic E-state index is 12.6. The van der Waals surface area contributed by atoms with Gasteiger partial charge < -0.3 is 4.90 Å². The van der Waals surface area contributed by atoms with E-state index in [2.05, 4.69) is 37.5 Å². The molecule has 1 aliphatic heterocycles. The van der Waals surface area contributed by atoms with Crippen LogP contribution in [0.1, 0.15) is 4.88 Å². The molecule has 0 aliphatic carbocycles. The highest BCUT2D eigenvalue weighted by Gasteiger charge is 2.22. The van der Waals surface area contributed by atoms with Crippen molar-refractivity contribution < 1.29 is 4.79 Å². The van der Waals surface area contributed by atoms with E-state index >= 15 is 0 Å². The molecule has 9 heteroatoms. The molecule has 0 atom stereocenters. The highest BCUT2D eigenvalue weighted by atomic mass is 32.2. The monoisotopic (exact) mass is 388 g/mol. The lowest BCUT2D eigenvalue weighted by atomic mass is 10.3. The van der Waals surface area contributed by atoms with E-state index < -0.39 is 0 Å². The summed E-state index contributed by atoms with van der Waals surface area (Å²) in [6, 6.07) is 4.25. The number of amides is 1. The number of piperazine rings is 1. The van der Waals surface area contributed by atoms with Crippen LogP contribution in [0.3, 0.4) is 0 Å². The van der Waals surface area contributed by atoms with E-state index in [1.807, 2.05) is 11.9 Å². The van der Waals surface area contributed by atoms with Gasteiger partial charge in [-0.1, -0.05) is 17.8 Å². The Morgan fingerprint density at radius 1 is 1.27 bits per heavy atom. The molecular weight excluding hydrogens is 368 g/mol. The fourth-order valence-corrected chi connectivity index (χ4v) is 4.67. The third-order valence-electron chi connectivity index (χ3n) is 4.51. The third kappa shape index (κ3) is 3.74. The molecule has 3 aromatic heterocycles. The first-order valence-electron chi connectivity index (χ1n) is 8.49. The molecule has 26 heavy (non-hydrogen) atoms. The average Bonchev–Trinajstić information content (AvgIpc) is 3.31. The van der Waals surface area contributed by atoms with Crippen LogP contribution in [0.2, 0.25) is 0 Å². The highest BCUT2D eigenvalue weighted by molar-refractivity contribution is 8.00. The first-order chi connectivity index (χ1) is 12.7. The molecule has 0 unspecified atom stereocenters. The van der Waals surface area contributed by atoms with Crippen molar-refractivity contribution in [2.75, 3.05) is 31.9 Å². The molecule has 0 bridgehead atoms. The van der Waals surface area contributed by atoms with Crippen molar-refractivity contribution in [1.29, 1.82) is 0 Å². The number of hydrogen-bond donors (Lipinski definition) is 0. The number of rotatable bonds is 5. The van der Waals surface area contributed by atoms with Crippen molar-refractivity contribution in [2.24, 2.45) is 7.05 Å². The van der Waals surface area contributed by atoms with Crippen LogP contribution in [0, 0.1) is 0 Å². The van der Waals surface area contributed by atoms with Crippen LogP contribution in [-0.4, -0.2) is 67.4 Å². The number of hydrogen-bond acceptors (Lipinski definition) is 7. The topological polar surface area (TPSA) is 67.2 Å². The van der Waals surface area contributed by atoms with E-state index in [1.165, 1.54) is 23.0 Å². The Kier molecular flexibility index (Phi) is 5.18. The van der Waals surface area contributed by atoms with Crippen LogP contribution in [-0.2, 0) is 18.4 Å². The van der Waals surface area contributed by atoms with Gasteiger partial charge in [-0.15, -0.1) is 11.3 Å². The number of aryl methyl sites for hydroxylation is 1. The van der Waals surface area contributed by atoms with Crippen molar-refractivity contribution in [3.05, 3.63) is 34.9 Å². The second-order valence-corrected chi connectivity index (χ2v) is 8.21. The van der Waals surface area contributed by atoms with E-state index in [1.54, 1.807) is 22.2 Å². The molecule has 0 radical (unpaired) electrons. The molecule has 4 rings (SSSR count). The second kappa shape index (κ2) is 7.73. The number of carbonyl (C=O) groups excluding carboxylic acids is 1. The van der Waals surface area contributed by atoms with Crippen LogP contribution >= 0.6 is 23.1 Å². The van der Waals surface area contributed by atoms with Crippen molar-refractivity contribution in [3.8, 4) is 0 Å². The summed E-state index contributed by atoms with van der Waals surface area (Å²) in [5.41, 5.74) is 0.789. The lowest BCUT2D eigenvalue weighted by Gasteiger charge is -2.34. The minimum atomic E-state index is 0.168. The number of fused-ring (bicyclic) bond motifs is 1. The SMILES string of the molecule is Cn1ncc2c(SCC(=O)N3CCN(Cc4cccs4)CC3)ncnc21. The lowest BCUT2D eigenvalue weighted by molar-refractivity contribution is -0.130. The fourth-order valence-electron chi connectivity index (χ4n) is 3.06. The summed E-state index contributed by atoms with van der Waals surface area (Å²) in [6.45, 7) is 4.41. The van der Waals surface area contributed by atoms with Gasteiger partial charge in [0.2, 0.25) is 5.91 Å². The normalized spacial score (nSPS) is 15.7. The summed E-state index contributed by atoms with van der Waals surface area (Å²) in [6.07, 6.45) is 3.28. The molecule has 136 valence electrons. The summed E-state index contributed by atoms with van der Waals surface area (Å²) in [7, 11) is 1.85. The summed E-state index contributed by atoms with van der Waals surface area (Å²) in [5.74, 6) is 0.563. The van der Waals surface area contributed by atoms with Crippen LogP contribution in [0.15, 0.2) is 35.1 Å². The number of thiophene rings is 1. The van der Waals surface area contributed by atoms with E-state index in [0.717, 1.165) is 48.8 Å². The van der Waals surface area contributed by atoms with Crippen molar-refractivity contribution in [2.45, 2.75) is 11.6 Å². The Labute approximate surface area is 160 Å². The average molecular weight is 389 g/mol. The lowest BCUT2D eigenvalue weighted by Crippen LogP contribution is -2.48. The molecule has 1 aliphatic rings. The van der Waals surface area contributed by atoms with E-state index in [0.29, 0.717) is 5.75 Å². The molecule has 0 N–H and O–H groups in total. The van der Waals surface area contributed by atoms with Crippen LogP contribution in [0.5, 0.6) is 0 Å². The molecule has 0 saturated carbocycles. The minimum absolute atomic E-state index is 0.168. The predicted octanol–water partition coefficient (Wildman–Crippen LogP) is 1.86. The summed E-state index contributed by atoms with van der Waals surface area (Å²) < 4.78 is 1.72. The van der Waals surface area contributed by atoms with Gasteiger partial charge in [0, 0.05) is 44.6 Å². The van der Waals surface area contributed by atoms with Crippen molar-refractivity contribution in [1.82, 2.24) is 29.5 Å². The quantitative estimate of drug-likeness (QED) is 0.491. The minimum Gasteiger partial charge on any atom is -0.339 e. The van der Waals surface area contributed by atoms with E-state index in [9.17, 15) is 4.79 Å². The largest absolute Gasteiger partial charge is 0.339 e. The van der Waals surface area contributed by atoms with Gasteiger partial charge >= 0.3 is 0 Å². The second-order valence-electron chi connectivity index (χ2n) is 6.21. The highest BCUT2D eigenvalue weighted by Crippen LogP contribution is 2.24. The molecule has 1 amide bonds. The molecule has 1 saturated heterocycles. The van der Waals surface area contributed by atoms with Gasteiger partial charge in [-0.2, -0.15) is 5.10 Å². The zero-order valence-electron chi connectivity index (χ0n) is 14.5. The van der Waals surface area contributed by atoms with Crippen molar-refractivity contribution >= 4 is 40.0 Å². The molecule has 4 heterocycles. The molecular formula is C17H20N6OS2. The van der Waals surface area contributed by atoms with Crippen LogP contribution < -0.4 is 0 Å². The summed E-state index contributed by atoms with van der Waals surface area (Å²) in [4.78, 5) is 26.9. The number of nitrogens with zero attached hydrogens (tertiary/aromatic N) is 6. The first-order valence-corrected chi connectivity index (χ1v) is 10.4. The van der Waals surface area contributed by atoms with Crippen LogP contribution in [0.25, 0.3) is 11.0 Å². The Bertz CT molecular complexity index is 886. The van der Waals surface area contributed by atoms with Crippen LogP contribution in [0.4, 0.5) is 0 Å². The maximum absolute atomic E-state index is 12.6. The Hall–Kier alpha value is -1.97. The molecule has 7 nitrogen and oxygen atoms in total. The van der Waals surface area contributed by atoms with Gasteiger partial charge in [-0.25, -0.2) is 9.97 Å². The summed E-state index contributed by atoms with van der Waals surface area (Å²) >= 11 is 3.25. The Morgan fingerprint density at radius 3 is 2.88 bits per heavy atom. The standard InChI is InChI=1S/C17H20N6OS2/c1-21-16-14(9-20-21)17(19-12-18-16)26-11-15(24)23-6-4-22(5-7-23)10-13-3-2-8-25-13/h2-3,8-9,12H,4-7,10-11H2,1H3. The third-order valence-corrected chi connectivity index (χ3v) is 6.36. The van der Waals surface area contributed by atoms with Crippen molar-refractivity contribution in [3.63, 3.8) is 0 Å². The molecule has 0 aromatic carbocycles. The van der Waals surface area contributed by atoms with Gasteiger partial charge in [-0.05, 0) is 11.4 Å². The summed E-state index contributed by atoms with van der Waals surface area (Å²) in [5, 5.41) is 8.03. The fraction of sp³-hybridized carbons (Fsp3) is 0.412. The number of aromatic nitrogens is 4. The molecule has 0 spiro atoms. The van der Waals surface area contributed by atoms with Gasteiger partial charge in [0.05, 0.1) is 17.3 Å². The Balaban J connectivity index is 1.30. The van der Waals surface area contributed by atoms with E-state index in [-0.39, 0.29) is 5.91 Å². The van der Waals surface area contributed by atoms with Gasteiger partial charge in [0.1, 0.15) is 11.4 Å². The predicted molar refractivity (Wildman–Crippen MR) is 103 cm³/mol. The van der Waals surface area contributed by atoms with Gasteiger partial charge in [-0.3, -0.25) is 14.4 Å². The van der Waals surface area contributed by atoms with E-state index in [4.69, 9.17) is 0 Å². The van der Waals surface area contributed by atoms with Gasteiger partial charge in [0.15, 0.2) is 5.65 Å². The maximum Gasteiger partial charge on any atom is 0.233 e. The molecule has 1 fully saturated rings.